The number of nitrogens with zero attached hydrogens (tertiary/aromatic N) is 4. The summed E-state index contributed by atoms with van der Waals surface area (Å²) in [6.45, 7) is 0. The summed E-state index contributed by atoms with van der Waals surface area (Å²) in [4.78, 5) is 12.6. The molecule has 3 rings (SSSR count). The predicted octanol–water partition coefficient (Wildman–Crippen LogP) is 2.59. The highest BCUT2D eigenvalue weighted by Gasteiger charge is 2.14. The lowest BCUT2D eigenvalue weighted by Crippen LogP contribution is -2.13. The first-order valence-electron chi connectivity index (χ1n) is 7.18. The van der Waals surface area contributed by atoms with Gasteiger partial charge in [0.15, 0.2) is 0 Å². The van der Waals surface area contributed by atoms with E-state index < -0.39 is 0 Å². The van der Waals surface area contributed by atoms with E-state index in [1.165, 1.54) is 25.2 Å². The third-order valence-corrected chi connectivity index (χ3v) is 3.74. The molecule has 2 aromatic carbocycles. The lowest BCUT2D eigenvalue weighted by molar-refractivity contribution is 0.102. The van der Waals surface area contributed by atoms with Crippen LogP contribution < -0.4 is 14.8 Å². The van der Waals surface area contributed by atoms with E-state index in [4.69, 9.17) is 21.1 Å². The number of carbonyl (C=O) groups excluding carboxylic acids is 1. The normalized spacial score (nSPS) is 10.4. The standard InChI is InChI=1S/C16H14ClN5O3/c1-24-14-8-15(25-2)13(7-12(14)17)19-16(23)10-4-3-5-11(6-10)22-9-18-20-21-22/h3-9H,1-2H3,(H,19,23). The van der Waals surface area contributed by atoms with E-state index >= 15 is 0 Å². The van der Waals surface area contributed by atoms with Gasteiger partial charge in [0.2, 0.25) is 0 Å². The Morgan fingerprint density at radius 2 is 1.96 bits per heavy atom. The lowest BCUT2D eigenvalue weighted by atomic mass is 10.1. The van der Waals surface area contributed by atoms with Crippen molar-refractivity contribution in [1.29, 1.82) is 0 Å². The van der Waals surface area contributed by atoms with Crippen LogP contribution in [0.5, 0.6) is 11.5 Å². The fraction of sp³-hybridized carbons (Fsp3) is 0.125. The molecule has 0 saturated carbocycles. The minimum Gasteiger partial charge on any atom is -0.495 e. The maximum Gasteiger partial charge on any atom is 0.255 e. The molecule has 0 unspecified atom stereocenters. The van der Waals surface area contributed by atoms with Crippen molar-refractivity contribution in [3.8, 4) is 17.2 Å². The van der Waals surface area contributed by atoms with Crippen LogP contribution in [0.25, 0.3) is 5.69 Å². The topological polar surface area (TPSA) is 91.2 Å². The summed E-state index contributed by atoms with van der Waals surface area (Å²) in [5.74, 6) is 0.567. The number of ether oxygens (including phenoxy) is 2. The summed E-state index contributed by atoms with van der Waals surface area (Å²) in [5, 5.41) is 14.1. The molecule has 1 N–H and O–H groups in total. The zero-order valence-electron chi connectivity index (χ0n) is 13.4. The molecule has 0 fully saturated rings. The molecule has 0 aliphatic carbocycles. The smallest absolute Gasteiger partial charge is 0.255 e. The Hall–Kier alpha value is -3.13. The highest BCUT2D eigenvalue weighted by Crippen LogP contribution is 2.36. The highest BCUT2D eigenvalue weighted by atomic mass is 35.5. The van der Waals surface area contributed by atoms with Crippen molar-refractivity contribution in [2.45, 2.75) is 0 Å². The Kier molecular flexibility index (Phi) is 4.80. The van der Waals surface area contributed by atoms with Crippen molar-refractivity contribution < 1.29 is 14.3 Å². The quantitative estimate of drug-likeness (QED) is 0.752. The van der Waals surface area contributed by atoms with E-state index in [2.05, 4.69) is 20.8 Å². The SMILES string of the molecule is COc1cc(OC)c(NC(=O)c2cccc(-n3cnnn3)c2)cc1Cl. The van der Waals surface area contributed by atoms with E-state index in [0.717, 1.165) is 0 Å². The largest absolute Gasteiger partial charge is 0.495 e. The number of hydrogen-bond donors (Lipinski definition) is 1. The van der Waals surface area contributed by atoms with E-state index in [0.29, 0.717) is 33.5 Å². The molecule has 25 heavy (non-hydrogen) atoms. The molecule has 0 spiro atoms. The summed E-state index contributed by atoms with van der Waals surface area (Å²) in [5.41, 5.74) is 1.53. The average Bonchev–Trinajstić information content (AvgIpc) is 3.17. The number of nitrogens with one attached hydrogen (secondary N) is 1. The van der Waals surface area contributed by atoms with Crippen LogP contribution in [0.4, 0.5) is 5.69 Å². The number of halogens is 1. The second-order valence-electron chi connectivity index (χ2n) is 4.95. The monoisotopic (exact) mass is 359 g/mol. The van der Waals surface area contributed by atoms with Gasteiger partial charge in [-0.1, -0.05) is 17.7 Å². The molecule has 0 bridgehead atoms. The third kappa shape index (κ3) is 3.53. The summed E-state index contributed by atoms with van der Waals surface area (Å²) in [7, 11) is 3.00. The molecule has 1 heterocycles. The number of aromatic nitrogens is 4. The van der Waals surface area contributed by atoms with E-state index in [1.54, 1.807) is 36.4 Å². The van der Waals surface area contributed by atoms with Crippen LogP contribution >= 0.6 is 11.6 Å². The van der Waals surface area contributed by atoms with E-state index in [1.807, 2.05) is 0 Å². The van der Waals surface area contributed by atoms with Crippen molar-refractivity contribution in [1.82, 2.24) is 20.2 Å². The Morgan fingerprint density at radius 1 is 1.16 bits per heavy atom. The zero-order chi connectivity index (χ0) is 17.8. The molecule has 3 aromatic rings. The molecule has 0 aliphatic heterocycles. The second kappa shape index (κ2) is 7.18. The van der Waals surface area contributed by atoms with Crippen molar-refractivity contribution in [3.05, 3.63) is 53.3 Å². The van der Waals surface area contributed by atoms with Crippen LogP contribution in [0.2, 0.25) is 5.02 Å². The van der Waals surface area contributed by atoms with Crippen molar-refractivity contribution in [3.63, 3.8) is 0 Å². The van der Waals surface area contributed by atoms with Gasteiger partial charge in [-0.15, -0.1) is 5.10 Å². The molecule has 0 aliphatic rings. The molecular formula is C16H14ClN5O3. The van der Waals surface area contributed by atoms with Gasteiger partial charge in [0, 0.05) is 11.6 Å². The van der Waals surface area contributed by atoms with Crippen LogP contribution in [0, 0.1) is 0 Å². The van der Waals surface area contributed by atoms with Gasteiger partial charge in [-0.2, -0.15) is 0 Å². The molecule has 128 valence electrons. The van der Waals surface area contributed by atoms with E-state index in [9.17, 15) is 4.79 Å². The Balaban J connectivity index is 1.88. The number of amides is 1. The molecule has 0 saturated heterocycles. The van der Waals surface area contributed by atoms with Gasteiger partial charge in [0.05, 0.1) is 30.6 Å². The molecule has 0 radical (unpaired) electrons. The van der Waals surface area contributed by atoms with Crippen LogP contribution in [0.3, 0.4) is 0 Å². The molecule has 1 aromatic heterocycles. The van der Waals surface area contributed by atoms with Gasteiger partial charge in [-0.25, -0.2) is 4.68 Å². The fourth-order valence-corrected chi connectivity index (χ4v) is 2.46. The number of methoxy groups -OCH3 is 2. The first kappa shape index (κ1) is 16.7. The second-order valence-corrected chi connectivity index (χ2v) is 5.35. The summed E-state index contributed by atoms with van der Waals surface area (Å²) < 4.78 is 11.9. The Labute approximate surface area is 148 Å². The summed E-state index contributed by atoms with van der Waals surface area (Å²) >= 11 is 6.12. The number of hydrogen-bond acceptors (Lipinski definition) is 6. The number of tetrazole rings is 1. The number of carbonyl (C=O) groups is 1. The van der Waals surface area contributed by atoms with Gasteiger partial charge in [0.25, 0.3) is 5.91 Å². The number of anilines is 1. The zero-order valence-corrected chi connectivity index (χ0v) is 14.2. The summed E-state index contributed by atoms with van der Waals surface area (Å²) in [6, 6.07) is 10.1. The minimum atomic E-state index is -0.325. The van der Waals surface area contributed by atoms with Crippen molar-refractivity contribution in [2.75, 3.05) is 19.5 Å². The van der Waals surface area contributed by atoms with Crippen molar-refractivity contribution >= 4 is 23.2 Å². The highest BCUT2D eigenvalue weighted by molar-refractivity contribution is 6.32. The predicted molar refractivity (Wildman–Crippen MR) is 91.7 cm³/mol. The molecule has 1 amide bonds. The first-order valence-corrected chi connectivity index (χ1v) is 7.56. The van der Waals surface area contributed by atoms with Gasteiger partial charge in [0.1, 0.15) is 17.8 Å². The molecular weight excluding hydrogens is 346 g/mol. The Morgan fingerprint density at radius 3 is 2.64 bits per heavy atom. The molecule has 0 atom stereocenters. The van der Waals surface area contributed by atoms with Crippen LogP contribution in [0.1, 0.15) is 10.4 Å². The van der Waals surface area contributed by atoms with Crippen LogP contribution in [-0.4, -0.2) is 40.3 Å². The average molecular weight is 360 g/mol. The number of benzene rings is 2. The first-order chi connectivity index (χ1) is 12.1. The van der Waals surface area contributed by atoms with Gasteiger partial charge < -0.3 is 14.8 Å². The van der Waals surface area contributed by atoms with E-state index in [-0.39, 0.29) is 5.91 Å². The molecule has 8 nitrogen and oxygen atoms in total. The van der Waals surface area contributed by atoms with Gasteiger partial charge >= 0.3 is 0 Å². The molecule has 9 heteroatoms. The van der Waals surface area contributed by atoms with Gasteiger partial charge in [-0.3, -0.25) is 4.79 Å². The fourth-order valence-electron chi connectivity index (χ4n) is 2.22. The van der Waals surface area contributed by atoms with Crippen LogP contribution in [0.15, 0.2) is 42.7 Å². The van der Waals surface area contributed by atoms with Crippen molar-refractivity contribution in [2.24, 2.45) is 0 Å². The minimum absolute atomic E-state index is 0.325. The Bertz CT molecular complexity index is 899. The number of rotatable bonds is 5. The maximum atomic E-state index is 12.6. The summed E-state index contributed by atoms with van der Waals surface area (Å²) in [6.07, 6.45) is 1.45. The maximum absolute atomic E-state index is 12.6. The lowest BCUT2D eigenvalue weighted by Gasteiger charge is -2.13. The van der Waals surface area contributed by atoms with Crippen LogP contribution in [-0.2, 0) is 0 Å². The van der Waals surface area contributed by atoms with Gasteiger partial charge in [-0.05, 0) is 34.7 Å². The third-order valence-electron chi connectivity index (χ3n) is 3.44.